The first-order valence-corrected chi connectivity index (χ1v) is 2.93. The van der Waals surface area contributed by atoms with Crippen LogP contribution in [0.3, 0.4) is 0 Å². The van der Waals surface area contributed by atoms with E-state index in [1.807, 2.05) is 0 Å². The number of rotatable bonds is 2. The number of hydrogen-bond donors (Lipinski definition) is 1. The van der Waals surface area contributed by atoms with E-state index in [1.54, 1.807) is 0 Å². The lowest BCUT2D eigenvalue weighted by molar-refractivity contribution is -0.148. The highest BCUT2D eigenvalue weighted by Crippen LogP contribution is 1.77. The molecule has 0 aliphatic heterocycles. The first-order valence-electron chi connectivity index (χ1n) is 2.93. The van der Waals surface area contributed by atoms with Crippen LogP contribution in [0.2, 0.25) is 0 Å². The van der Waals surface area contributed by atoms with Crippen LogP contribution in [0.4, 0.5) is 0 Å². The van der Waals surface area contributed by atoms with Crippen LogP contribution in [0.15, 0.2) is 12.8 Å². The van der Waals surface area contributed by atoms with Crippen molar-refractivity contribution in [3.63, 3.8) is 0 Å². The number of ketones is 1. The minimum atomic E-state index is -0.875. The third-order valence-electron chi connectivity index (χ3n) is 0.478. The molecule has 0 aliphatic rings. The van der Waals surface area contributed by atoms with Crippen molar-refractivity contribution in [2.24, 2.45) is 0 Å². The van der Waals surface area contributed by atoms with Gasteiger partial charge in [0.15, 0.2) is 0 Å². The molecule has 5 nitrogen and oxygen atoms in total. The second-order valence-electron chi connectivity index (χ2n) is 1.65. The van der Waals surface area contributed by atoms with E-state index in [-0.39, 0.29) is 0 Å². The Morgan fingerprint density at radius 3 is 1.75 bits per heavy atom. The molecule has 0 amide bonds. The normalized spacial score (nSPS) is 7.17. The van der Waals surface area contributed by atoms with Crippen molar-refractivity contribution in [1.82, 2.24) is 0 Å². The zero-order chi connectivity index (χ0) is 10.1. The Kier molecular flexibility index (Phi) is 8.06. The zero-order valence-electron chi connectivity index (χ0n) is 6.86. The number of hydrogen-bond acceptors (Lipinski definition) is 4. The lowest BCUT2D eigenvalue weighted by Crippen LogP contribution is -2.09. The quantitative estimate of drug-likeness (QED) is 0.371. The molecule has 0 fully saturated rings. The molecule has 5 heteroatoms. The van der Waals surface area contributed by atoms with Crippen LogP contribution in [-0.4, -0.2) is 22.8 Å². The molecule has 12 heavy (non-hydrogen) atoms. The number of ether oxygens (including phenoxy) is 1. The fraction of sp³-hybridized carbons (Fsp3) is 0.286. The summed E-state index contributed by atoms with van der Waals surface area (Å²) in [5.41, 5.74) is 0. The molecule has 0 rings (SSSR count). The summed E-state index contributed by atoms with van der Waals surface area (Å²) in [6.07, 6.45) is 0.920. The molecule has 0 radical (unpaired) electrons. The van der Waals surface area contributed by atoms with Crippen molar-refractivity contribution < 1.29 is 24.2 Å². The summed E-state index contributed by atoms with van der Waals surface area (Å²) in [5, 5.41) is 7.42. The van der Waals surface area contributed by atoms with Crippen molar-refractivity contribution in [2.75, 3.05) is 0 Å². The molecule has 0 unspecified atom stereocenters. The molecule has 0 heterocycles. The Morgan fingerprint density at radius 2 is 1.67 bits per heavy atom. The molecule has 0 aromatic heterocycles. The Hall–Kier alpha value is -1.65. The highest BCUT2D eigenvalue weighted by molar-refractivity contribution is 6.32. The molecule has 0 atom stereocenters. The number of carbonyl (C=O) groups is 3. The maximum Gasteiger partial charge on any atom is 0.379 e. The van der Waals surface area contributed by atoms with Crippen LogP contribution < -0.4 is 0 Å². The fourth-order valence-corrected chi connectivity index (χ4v) is 0.159. The Labute approximate surface area is 69.6 Å². The van der Waals surface area contributed by atoms with Crippen molar-refractivity contribution in [3.8, 4) is 0 Å². The van der Waals surface area contributed by atoms with Gasteiger partial charge in [-0.3, -0.25) is 9.59 Å². The molecule has 0 bridgehead atoms. The molecular formula is C7H10O5. The molecule has 0 aromatic carbocycles. The summed E-state index contributed by atoms with van der Waals surface area (Å²) in [6, 6.07) is 0. The molecule has 0 aromatic rings. The number of esters is 1. The predicted molar refractivity (Wildman–Crippen MR) is 40.3 cm³/mol. The monoisotopic (exact) mass is 174 g/mol. The highest BCUT2D eigenvalue weighted by Gasteiger charge is 2.04. The average Bonchev–Trinajstić information content (AvgIpc) is 1.86. The van der Waals surface area contributed by atoms with Crippen molar-refractivity contribution >= 4 is 17.7 Å². The van der Waals surface area contributed by atoms with Gasteiger partial charge in [0.1, 0.15) is 0 Å². The van der Waals surface area contributed by atoms with E-state index in [9.17, 15) is 9.59 Å². The van der Waals surface area contributed by atoms with E-state index in [2.05, 4.69) is 11.3 Å². The predicted octanol–water partition coefficient (Wildman–Crippen LogP) is 0.353. The largest absolute Gasteiger partial charge is 0.481 e. The van der Waals surface area contributed by atoms with E-state index in [0.29, 0.717) is 0 Å². The lowest BCUT2D eigenvalue weighted by Gasteiger charge is -1.88. The van der Waals surface area contributed by atoms with Crippen molar-refractivity contribution in [2.45, 2.75) is 13.8 Å². The molecule has 68 valence electrons. The van der Waals surface area contributed by atoms with Crippen LogP contribution in [0.25, 0.3) is 0 Å². The van der Waals surface area contributed by atoms with Gasteiger partial charge < -0.3 is 9.84 Å². The topological polar surface area (TPSA) is 80.7 Å². The first kappa shape index (κ1) is 13.0. The number of aliphatic carboxylic acids is 1. The zero-order valence-corrected chi connectivity index (χ0v) is 6.86. The number of Topliss-reactive ketones (excluding diaryl/α,β-unsaturated/α-hetero) is 1. The van der Waals surface area contributed by atoms with Crippen LogP contribution >= 0.6 is 0 Å². The summed E-state index contributed by atoms with van der Waals surface area (Å²) >= 11 is 0. The molecule has 1 N–H and O–H groups in total. The van der Waals surface area contributed by atoms with Crippen molar-refractivity contribution in [1.29, 1.82) is 0 Å². The van der Waals surface area contributed by atoms with Gasteiger partial charge in [0.25, 0.3) is 5.97 Å². The molecule has 0 saturated heterocycles. The first-order chi connectivity index (χ1) is 5.41. The van der Waals surface area contributed by atoms with E-state index >= 15 is 0 Å². The second kappa shape index (κ2) is 7.46. The van der Waals surface area contributed by atoms with Crippen LogP contribution in [0.1, 0.15) is 13.8 Å². The van der Waals surface area contributed by atoms with Crippen LogP contribution in [-0.2, 0) is 19.1 Å². The summed E-state index contributed by atoms with van der Waals surface area (Å²) in [7, 11) is 0. The number of carboxylic acid groups (broad SMARTS) is 1. The Bertz CT molecular complexity index is 190. The minimum Gasteiger partial charge on any atom is -0.481 e. The van der Waals surface area contributed by atoms with Gasteiger partial charge >= 0.3 is 5.97 Å². The lowest BCUT2D eigenvalue weighted by atomic mass is 10.5. The Morgan fingerprint density at radius 1 is 1.33 bits per heavy atom. The van der Waals surface area contributed by atoms with E-state index in [4.69, 9.17) is 9.90 Å². The highest BCUT2D eigenvalue weighted by atomic mass is 16.5. The smallest absolute Gasteiger partial charge is 0.379 e. The van der Waals surface area contributed by atoms with Gasteiger partial charge in [-0.15, -0.1) is 0 Å². The maximum absolute atomic E-state index is 10.1. The van der Waals surface area contributed by atoms with E-state index < -0.39 is 17.7 Å². The Balaban J connectivity index is 0. The number of carbonyl (C=O) groups excluding carboxylic acids is 2. The van der Waals surface area contributed by atoms with Gasteiger partial charge in [-0.05, 0) is 0 Å². The van der Waals surface area contributed by atoms with Gasteiger partial charge in [0.05, 0.1) is 6.26 Å². The third kappa shape index (κ3) is 15.8. The second-order valence-corrected chi connectivity index (χ2v) is 1.65. The molecule has 0 aliphatic carbocycles. The van der Waals surface area contributed by atoms with E-state index in [0.717, 1.165) is 20.1 Å². The molecule has 0 spiro atoms. The van der Waals surface area contributed by atoms with Gasteiger partial charge in [-0.25, -0.2) is 4.79 Å². The summed E-state index contributed by atoms with van der Waals surface area (Å²) < 4.78 is 4.08. The third-order valence-corrected chi connectivity index (χ3v) is 0.478. The standard InChI is InChI=1S/C5H6O3.C2H4O2/c1-3-8-5(7)4(2)6;1-2(3)4/h3H,1H2,2H3;1H3,(H,3,4). The number of carboxylic acids is 1. The minimum absolute atomic E-state index is 0.620. The van der Waals surface area contributed by atoms with Crippen LogP contribution in [0.5, 0.6) is 0 Å². The molecular weight excluding hydrogens is 164 g/mol. The maximum atomic E-state index is 10.1. The van der Waals surface area contributed by atoms with Gasteiger partial charge in [-0.1, -0.05) is 6.58 Å². The van der Waals surface area contributed by atoms with Crippen molar-refractivity contribution in [3.05, 3.63) is 12.8 Å². The van der Waals surface area contributed by atoms with Gasteiger partial charge in [0.2, 0.25) is 5.78 Å². The SMILES string of the molecule is C=COC(=O)C(C)=O.CC(=O)O. The van der Waals surface area contributed by atoms with E-state index in [1.165, 1.54) is 0 Å². The summed E-state index contributed by atoms with van der Waals surface area (Å²) in [6.45, 7) is 5.30. The van der Waals surface area contributed by atoms with Gasteiger partial charge in [0, 0.05) is 13.8 Å². The van der Waals surface area contributed by atoms with Gasteiger partial charge in [-0.2, -0.15) is 0 Å². The van der Waals surface area contributed by atoms with Crippen LogP contribution in [0, 0.1) is 0 Å². The summed E-state index contributed by atoms with van der Waals surface area (Å²) in [4.78, 5) is 29.1. The molecule has 0 saturated carbocycles. The fourth-order valence-electron chi connectivity index (χ4n) is 0.159. The average molecular weight is 174 g/mol. The summed E-state index contributed by atoms with van der Waals surface area (Å²) in [5.74, 6) is -2.33.